The van der Waals surface area contributed by atoms with Crippen molar-refractivity contribution in [2.45, 2.75) is 26.4 Å². The Morgan fingerprint density at radius 3 is 2.48 bits per heavy atom. The summed E-state index contributed by atoms with van der Waals surface area (Å²) in [5, 5.41) is 11.2. The number of hydrogen-bond acceptors (Lipinski definition) is 5. The summed E-state index contributed by atoms with van der Waals surface area (Å²) >= 11 is 5.24. The molecule has 0 atom stereocenters. The molecule has 0 amide bonds. The molecule has 0 saturated heterocycles. The average Bonchev–Trinajstić information content (AvgIpc) is 3.08. The Bertz CT molecular complexity index is 999. The number of nitrogens with zero attached hydrogens (tertiary/aromatic N) is 3. The van der Waals surface area contributed by atoms with Gasteiger partial charge in [-0.05, 0) is 72.7 Å². The Kier molecular flexibility index (Phi) is 7.07. The summed E-state index contributed by atoms with van der Waals surface area (Å²) in [6, 6.07) is 13.6. The number of benzene rings is 2. The van der Waals surface area contributed by atoms with Crippen molar-refractivity contribution in [3.8, 4) is 22.9 Å². The SMILES string of the molecule is CCCCOc1ccc(C=Nn2c(-c3ccc(OC(F)F)cc3)n[nH]c2=S)cc1. The van der Waals surface area contributed by atoms with Crippen LogP contribution < -0.4 is 9.47 Å². The normalized spacial score (nSPS) is 11.3. The number of ether oxygens (including phenoxy) is 2. The number of alkyl halides is 2. The molecule has 3 aromatic rings. The van der Waals surface area contributed by atoms with Crippen LogP contribution in [0.1, 0.15) is 25.3 Å². The summed E-state index contributed by atoms with van der Waals surface area (Å²) in [6.45, 7) is -0.0640. The first-order valence-corrected chi connectivity index (χ1v) is 9.47. The number of H-pyrrole nitrogens is 1. The Morgan fingerprint density at radius 2 is 1.83 bits per heavy atom. The first-order valence-electron chi connectivity index (χ1n) is 9.06. The minimum atomic E-state index is -2.87. The van der Waals surface area contributed by atoms with E-state index < -0.39 is 6.61 Å². The summed E-state index contributed by atoms with van der Waals surface area (Å²) in [7, 11) is 0. The molecule has 9 heteroatoms. The third-order valence-electron chi connectivity index (χ3n) is 3.96. The van der Waals surface area contributed by atoms with Crippen LogP contribution in [-0.2, 0) is 0 Å². The van der Waals surface area contributed by atoms with Crippen molar-refractivity contribution in [1.82, 2.24) is 14.9 Å². The van der Waals surface area contributed by atoms with Crippen LogP contribution in [0, 0.1) is 4.77 Å². The summed E-state index contributed by atoms with van der Waals surface area (Å²) in [5.41, 5.74) is 1.51. The number of nitrogens with one attached hydrogen (secondary N) is 1. The molecule has 6 nitrogen and oxygen atoms in total. The topological polar surface area (TPSA) is 64.4 Å². The van der Waals surface area contributed by atoms with Crippen LogP contribution in [0.2, 0.25) is 0 Å². The minimum Gasteiger partial charge on any atom is -0.494 e. The van der Waals surface area contributed by atoms with E-state index in [1.165, 1.54) is 16.8 Å². The molecule has 3 rings (SSSR count). The van der Waals surface area contributed by atoms with Crippen molar-refractivity contribution < 1.29 is 18.3 Å². The second-order valence-corrected chi connectivity index (χ2v) is 6.47. The summed E-state index contributed by atoms with van der Waals surface area (Å²) in [5.74, 6) is 1.32. The molecular formula is C20H20F2N4O2S. The van der Waals surface area contributed by atoms with E-state index in [0.29, 0.717) is 22.8 Å². The van der Waals surface area contributed by atoms with Gasteiger partial charge in [-0.1, -0.05) is 13.3 Å². The van der Waals surface area contributed by atoms with Gasteiger partial charge in [0.1, 0.15) is 11.5 Å². The number of aromatic amines is 1. The zero-order valence-corrected chi connectivity index (χ0v) is 16.5. The van der Waals surface area contributed by atoms with Crippen LogP contribution in [0.4, 0.5) is 8.78 Å². The zero-order valence-electron chi connectivity index (χ0n) is 15.7. The highest BCUT2D eigenvalue weighted by Crippen LogP contribution is 2.22. The standard InChI is InChI=1S/C20H20F2N4O2S/c1-2-3-12-27-16-8-4-14(5-9-16)13-23-26-18(24-25-20(26)29)15-6-10-17(11-7-15)28-19(21)22/h4-11,13,19H,2-3,12H2,1H3,(H,25,29). The first kappa shape index (κ1) is 20.7. The smallest absolute Gasteiger partial charge is 0.387 e. The predicted molar refractivity (Wildman–Crippen MR) is 109 cm³/mol. The van der Waals surface area contributed by atoms with Crippen molar-refractivity contribution in [1.29, 1.82) is 0 Å². The molecule has 0 aliphatic heterocycles. The van der Waals surface area contributed by atoms with E-state index in [2.05, 4.69) is 27.0 Å². The van der Waals surface area contributed by atoms with Crippen LogP contribution >= 0.6 is 12.2 Å². The fourth-order valence-corrected chi connectivity index (χ4v) is 2.66. The number of unbranched alkanes of at least 4 members (excludes halogenated alkanes) is 1. The second-order valence-electron chi connectivity index (χ2n) is 6.08. The Labute approximate surface area is 171 Å². The molecule has 0 saturated carbocycles. The van der Waals surface area contributed by atoms with Crippen LogP contribution in [0.25, 0.3) is 11.4 Å². The van der Waals surface area contributed by atoms with Crippen molar-refractivity contribution in [2.75, 3.05) is 6.61 Å². The fourth-order valence-electron chi connectivity index (χ4n) is 2.48. The van der Waals surface area contributed by atoms with E-state index >= 15 is 0 Å². The van der Waals surface area contributed by atoms with Gasteiger partial charge in [-0.25, -0.2) is 5.10 Å². The zero-order chi connectivity index (χ0) is 20.6. The molecule has 0 unspecified atom stereocenters. The van der Waals surface area contributed by atoms with E-state index in [0.717, 1.165) is 24.2 Å². The van der Waals surface area contributed by atoms with Crippen molar-refractivity contribution in [3.05, 3.63) is 58.9 Å². The molecule has 1 aromatic heterocycles. The van der Waals surface area contributed by atoms with Crippen molar-refractivity contribution >= 4 is 18.4 Å². The fraction of sp³-hybridized carbons (Fsp3) is 0.250. The van der Waals surface area contributed by atoms with Gasteiger partial charge in [-0.2, -0.15) is 23.7 Å². The number of halogens is 2. The molecule has 1 N–H and O–H groups in total. The Hall–Kier alpha value is -3.07. The number of hydrogen-bond donors (Lipinski definition) is 1. The highest BCUT2D eigenvalue weighted by Gasteiger charge is 2.10. The largest absolute Gasteiger partial charge is 0.494 e. The highest BCUT2D eigenvalue weighted by molar-refractivity contribution is 7.71. The minimum absolute atomic E-state index is 0.0641. The molecule has 1 heterocycles. The Balaban J connectivity index is 1.75. The van der Waals surface area contributed by atoms with E-state index in [1.54, 1.807) is 18.3 Å². The van der Waals surface area contributed by atoms with E-state index in [4.69, 9.17) is 17.0 Å². The lowest BCUT2D eigenvalue weighted by Gasteiger charge is -2.06. The maximum atomic E-state index is 12.3. The third-order valence-corrected chi connectivity index (χ3v) is 4.22. The molecule has 0 fully saturated rings. The maximum Gasteiger partial charge on any atom is 0.387 e. The van der Waals surface area contributed by atoms with Crippen molar-refractivity contribution in [3.63, 3.8) is 0 Å². The molecule has 152 valence electrons. The van der Waals surface area contributed by atoms with Gasteiger partial charge >= 0.3 is 6.61 Å². The van der Waals surface area contributed by atoms with Gasteiger partial charge in [0.25, 0.3) is 0 Å². The number of rotatable bonds is 9. The van der Waals surface area contributed by atoms with E-state index in [-0.39, 0.29) is 5.75 Å². The number of aromatic nitrogens is 3. The molecule has 0 bridgehead atoms. The van der Waals surface area contributed by atoms with Gasteiger partial charge in [0, 0.05) is 5.56 Å². The molecular weight excluding hydrogens is 398 g/mol. The monoisotopic (exact) mass is 418 g/mol. The van der Waals surface area contributed by atoms with Gasteiger partial charge in [0.15, 0.2) is 5.82 Å². The molecule has 0 aliphatic carbocycles. The summed E-state index contributed by atoms with van der Waals surface area (Å²) < 4.78 is 36.4. The maximum absolute atomic E-state index is 12.3. The van der Waals surface area contributed by atoms with Crippen LogP contribution in [-0.4, -0.2) is 34.3 Å². The lowest BCUT2D eigenvalue weighted by atomic mass is 10.2. The molecule has 0 radical (unpaired) electrons. The van der Waals surface area contributed by atoms with Gasteiger partial charge in [-0.15, -0.1) is 0 Å². The highest BCUT2D eigenvalue weighted by atomic mass is 32.1. The molecule has 2 aromatic carbocycles. The third kappa shape index (κ3) is 5.71. The molecule has 29 heavy (non-hydrogen) atoms. The first-order chi connectivity index (χ1) is 14.1. The van der Waals surface area contributed by atoms with Gasteiger partial charge in [0.05, 0.1) is 12.8 Å². The van der Waals surface area contributed by atoms with E-state index in [9.17, 15) is 8.78 Å². The molecule has 0 aliphatic rings. The van der Waals surface area contributed by atoms with Crippen LogP contribution in [0.3, 0.4) is 0 Å². The average molecular weight is 418 g/mol. The molecule has 0 spiro atoms. The van der Waals surface area contributed by atoms with Crippen molar-refractivity contribution in [2.24, 2.45) is 5.10 Å². The van der Waals surface area contributed by atoms with Crippen LogP contribution in [0.5, 0.6) is 11.5 Å². The predicted octanol–water partition coefficient (Wildman–Crippen LogP) is 5.27. The summed E-state index contributed by atoms with van der Waals surface area (Å²) in [6.07, 6.45) is 3.75. The van der Waals surface area contributed by atoms with Gasteiger partial charge in [-0.3, -0.25) is 0 Å². The quantitative estimate of drug-likeness (QED) is 0.292. The summed E-state index contributed by atoms with van der Waals surface area (Å²) in [4.78, 5) is 0. The second kappa shape index (κ2) is 9.92. The van der Waals surface area contributed by atoms with Gasteiger partial charge in [0.2, 0.25) is 4.77 Å². The van der Waals surface area contributed by atoms with Gasteiger partial charge < -0.3 is 9.47 Å². The lowest BCUT2D eigenvalue weighted by Crippen LogP contribution is -2.01. The Morgan fingerprint density at radius 1 is 1.14 bits per heavy atom. The lowest BCUT2D eigenvalue weighted by molar-refractivity contribution is -0.0498. The van der Waals surface area contributed by atoms with Crippen LogP contribution in [0.15, 0.2) is 53.6 Å². The van der Waals surface area contributed by atoms with E-state index in [1.807, 2.05) is 24.3 Å².